The molecule has 2 heteroatoms. The van der Waals surface area contributed by atoms with Crippen molar-refractivity contribution in [1.29, 1.82) is 0 Å². The number of hydrogen-bond acceptors (Lipinski definition) is 1. The second-order valence-electron chi connectivity index (χ2n) is 2.51. The second kappa shape index (κ2) is 6.53. The molecule has 0 aliphatic rings. The molecule has 12 heavy (non-hydrogen) atoms. The zero-order valence-electron chi connectivity index (χ0n) is 7.25. The summed E-state index contributed by atoms with van der Waals surface area (Å²) in [6.07, 6.45) is 0. The van der Waals surface area contributed by atoms with Crippen molar-refractivity contribution in [3.8, 4) is 0 Å². The molecule has 0 saturated heterocycles. The average molecular weight is 173 g/mol. The van der Waals surface area contributed by atoms with Crippen molar-refractivity contribution < 1.29 is 0 Å². The summed E-state index contributed by atoms with van der Waals surface area (Å²) < 4.78 is 0. The molecular weight excluding hydrogens is 157 g/mol. The summed E-state index contributed by atoms with van der Waals surface area (Å²) in [7, 11) is 0. The molecule has 0 atom stereocenters. The van der Waals surface area contributed by atoms with Gasteiger partial charge in [0.15, 0.2) is 0 Å². The van der Waals surface area contributed by atoms with Crippen molar-refractivity contribution in [2.24, 2.45) is 0 Å². The van der Waals surface area contributed by atoms with Crippen LogP contribution in [0.15, 0.2) is 30.3 Å². The molecular formula is C10H16NNa. The molecule has 0 bridgehead atoms. The van der Waals surface area contributed by atoms with Gasteiger partial charge in [0.2, 0.25) is 0 Å². The van der Waals surface area contributed by atoms with Gasteiger partial charge in [-0.3, -0.25) is 0 Å². The number of anilines is 1. The summed E-state index contributed by atoms with van der Waals surface area (Å²) in [6.45, 7) is 6.52. The molecule has 0 aliphatic carbocycles. The van der Waals surface area contributed by atoms with E-state index in [9.17, 15) is 0 Å². The third kappa shape index (κ3) is 3.18. The minimum absolute atomic E-state index is 0. The molecule has 1 aromatic rings. The van der Waals surface area contributed by atoms with Crippen molar-refractivity contribution >= 4 is 35.2 Å². The Labute approximate surface area is 97.1 Å². The van der Waals surface area contributed by atoms with Gasteiger partial charge in [-0.1, -0.05) is 18.2 Å². The van der Waals surface area contributed by atoms with Gasteiger partial charge in [-0.15, -0.1) is 0 Å². The molecule has 0 radical (unpaired) electrons. The first-order chi connectivity index (χ1) is 5.38. The van der Waals surface area contributed by atoms with Gasteiger partial charge in [-0.2, -0.15) is 0 Å². The Morgan fingerprint density at radius 2 is 1.50 bits per heavy atom. The fraction of sp³-hybridized carbons (Fsp3) is 0.400. The Bertz CT molecular complexity index is 194. The van der Waals surface area contributed by atoms with E-state index in [2.05, 4.69) is 43.0 Å². The van der Waals surface area contributed by atoms with E-state index in [4.69, 9.17) is 0 Å². The van der Waals surface area contributed by atoms with E-state index in [1.54, 1.807) is 0 Å². The van der Waals surface area contributed by atoms with E-state index in [1.165, 1.54) is 5.69 Å². The van der Waals surface area contributed by atoms with Crippen LogP contribution in [-0.2, 0) is 0 Å². The quantitative estimate of drug-likeness (QED) is 0.631. The Kier molecular flexibility index (Phi) is 6.54. The van der Waals surface area contributed by atoms with Gasteiger partial charge >= 0.3 is 29.6 Å². The fourth-order valence-electron chi connectivity index (χ4n) is 1.23. The molecule has 0 amide bonds. The van der Waals surface area contributed by atoms with E-state index in [0.717, 1.165) is 13.1 Å². The van der Waals surface area contributed by atoms with Crippen LogP contribution in [0.4, 0.5) is 5.69 Å². The zero-order chi connectivity index (χ0) is 8.10. The summed E-state index contributed by atoms with van der Waals surface area (Å²) >= 11 is 0. The standard InChI is InChI=1S/C10H15N.Na.H/c1-3-11(4-2)10-8-6-5-7-9-10;;/h5-9H,3-4H2,1-2H3;;. The van der Waals surface area contributed by atoms with Crippen LogP contribution in [-0.4, -0.2) is 42.6 Å². The van der Waals surface area contributed by atoms with Gasteiger partial charge in [0.05, 0.1) is 0 Å². The molecule has 0 spiro atoms. The van der Waals surface area contributed by atoms with E-state index < -0.39 is 0 Å². The minimum atomic E-state index is 0. The molecule has 0 heterocycles. The first-order valence-electron chi connectivity index (χ1n) is 4.18. The summed E-state index contributed by atoms with van der Waals surface area (Å²) in [5.74, 6) is 0. The van der Waals surface area contributed by atoms with Crippen LogP contribution in [0.3, 0.4) is 0 Å². The van der Waals surface area contributed by atoms with E-state index in [1.807, 2.05) is 6.07 Å². The molecule has 0 aromatic heterocycles. The van der Waals surface area contributed by atoms with Crippen molar-refractivity contribution in [2.45, 2.75) is 13.8 Å². The normalized spacial score (nSPS) is 8.83. The molecule has 0 unspecified atom stereocenters. The summed E-state index contributed by atoms with van der Waals surface area (Å²) in [5.41, 5.74) is 1.32. The molecule has 0 N–H and O–H groups in total. The zero-order valence-corrected chi connectivity index (χ0v) is 7.25. The van der Waals surface area contributed by atoms with Crippen LogP contribution in [0.1, 0.15) is 13.8 Å². The SMILES string of the molecule is CCN(CC)c1ccccc1.[NaH]. The predicted molar refractivity (Wildman–Crippen MR) is 57.2 cm³/mol. The van der Waals surface area contributed by atoms with Crippen molar-refractivity contribution in [3.05, 3.63) is 30.3 Å². The van der Waals surface area contributed by atoms with Crippen LogP contribution in [0.5, 0.6) is 0 Å². The third-order valence-electron chi connectivity index (χ3n) is 1.88. The fourth-order valence-corrected chi connectivity index (χ4v) is 1.23. The first-order valence-corrected chi connectivity index (χ1v) is 4.18. The molecule has 1 rings (SSSR count). The van der Waals surface area contributed by atoms with Crippen LogP contribution >= 0.6 is 0 Å². The molecule has 0 fully saturated rings. The van der Waals surface area contributed by atoms with Gasteiger partial charge in [-0.25, -0.2) is 0 Å². The molecule has 0 saturated carbocycles. The molecule has 0 aliphatic heterocycles. The topological polar surface area (TPSA) is 3.24 Å². The van der Waals surface area contributed by atoms with E-state index in [-0.39, 0.29) is 29.6 Å². The maximum atomic E-state index is 2.33. The number of benzene rings is 1. The monoisotopic (exact) mass is 173 g/mol. The van der Waals surface area contributed by atoms with Crippen LogP contribution in [0, 0.1) is 0 Å². The molecule has 1 nitrogen and oxygen atoms in total. The average Bonchev–Trinajstić information content (AvgIpc) is 2.09. The summed E-state index contributed by atoms with van der Waals surface area (Å²) in [4.78, 5) is 2.33. The molecule has 62 valence electrons. The number of para-hydroxylation sites is 1. The number of hydrogen-bond donors (Lipinski definition) is 0. The Morgan fingerprint density at radius 1 is 1.00 bits per heavy atom. The van der Waals surface area contributed by atoms with Crippen LogP contribution < -0.4 is 4.90 Å². The maximum absolute atomic E-state index is 2.33. The van der Waals surface area contributed by atoms with E-state index >= 15 is 0 Å². The summed E-state index contributed by atoms with van der Waals surface area (Å²) in [6, 6.07) is 10.5. The number of rotatable bonds is 3. The Morgan fingerprint density at radius 3 is 1.92 bits per heavy atom. The molecule has 1 aromatic carbocycles. The van der Waals surface area contributed by atoms with Gasteiger partial charge in [0.25, 0.3) is 0 Å². The van der Waals surface area contributed by atoms with E-state index in [0.29, 0.717) is 0 Å². The van der Waals surface area contributed by atoms with Crippen LogP contribution in [0.25, 0.3) is 0 Å². The predicted octanol–water partition coefficient (Wildman–Crippen LogP) is 1.88. The van der Waals surface area contributed by atoms with Crippen molar-refractivity contribution in [1.82, 2.24) is 0 Å². The van der Waals surface area contributed by atoms with Crippen molar-refractivity contribution in [2.75, 3.05) is 18.0 Å². The third-order valence-corrected chi connectivity index (χ3v) is 1.88. The van der Waals surface area contributed by atoms with Gasteiger partial charge in [-0.05, 0) is 26.0 Å². The Balaban J connectivity index is 0.00000121. The van der Waals surface area contributed by atoms with Gasteiger partial charge < -0.3 is 4.90 Å². The second-order valence-corrected chi connectivity index (χ2v) is 2.51. The first kappa shape index (κ1) is 12.0. The summed E-state index contributed by atoms with van der Waals surface area (Å²) in [5, 5.41) is 0. The van der Waals surface area contributed by atoms with Crippen molar-refractivity contribution in [3.63, 3.8) is 0 Å². The van der Waals surface area contributed by atoms with Crippen LogP contribution in [0.2, 0.25) is 0 Å². The number of nitrogens with zero attached hydrogens (tertiary/aromatic N) is 1. The van der Waals surface area contributed by atoms with Gasteiger partial charge in [0, 0.05) is 18.8 Å². The Hall–Kier alpha value is 0.0200. The van der Waals surface area contributed by atoms with Gasteiger partial charge in [0.1, 0.15) is 0 Å².